The lowest BCUT2D eigenvalue weighted by Crippen LogP contribution is -2.38. The first-order valence-electron chi connectivity index (χ1n) is 7.99. The van der Waals surface area contributed by atoms with Gasteiger partial charge >= 0.3 is 0 Å². The van der Waals surface area contributed by atoms with Crippen LogP contribution in [0.15, 0.2) is 18.3 Å². The molecule has 0 saturated carbocycles. The summed E-state index contributed by atoms with van der Waals surface area (Å²) in [5, 5.41) is 0. The van der Waals surface area contributed by atoms with E-state index in [1.807, 2.05) is 6.20 Å². The van der Waals surface area contributed by atoms with Crippen molar-refractivity contribution in [3.8, 4) is 0 Å². The molecular weight excluding hydrogens is 264 g/mol. The monoisotopic (exact) mass is 290 g/mol. The Morgan fingerprint density at radius 2 is 1.81 bits per heavy atom. The van der Waals surface area contributed by atoms with Gasteiger partial charge in [0.1, 0.15) is 5.82 Å². The molecule has 3 rings (SSSR count). The Hall–Kier alpha value is -1.13. The Balaban J connectivity index is 1.64. The predicted octanol–water partition coefficient (Wildman–Crippen LogP) is 2.97. The van der Waals surface area contributed by atoms with Gasteiger partial charge in [-0.05, 0) is 36.0 Å². The van der Waals surface area contributed by atoms with Gasteiger partial charge in [-0.15, -0.1) is 0 Å². The highest BCUT2D eigenvalue weighted by Gasteiger charge is 2.30. The van der Waals surface area contributed by atoms with Crippen molar-refractivity contribution in [3.63, 3.8) is 0 Å². The minimum absolute atomic E-state index is 0.0287. The molecule has 116 valence electrons. The molecule has 0 aromatic carbocycles. The first kappa shape index (κ1) is 14.8. The van der Waals surface area contributed by atoms with E-state index in [1.165, 1.54) is 5.56 Å². The first-order valence-corrected chi connectivity index (χ1v) is 7.99. The smallest absolute Gasteiger partial charge is 0.160 e. The van der Waals surface area contributed by atoms with E-state index in [9.17, 15) is 0 Å². The van der Waals surface area contributed by atoms with E-state index in [-0.39, 0.29) is 11.7 Å². The molecule has 0 bridgehead atoms. The molecule has 1 aromatic rings. The summed E-state index contributed by atoms with van der Waals surface area (Å²) < 4.78 is 11.3. The van der Waals surface area contributed by atoms with Crippen molar-refractivity contribution in [2.24, 2.45) is 5.92 Å². The molecule has 3 heterocycles. The molecule has 2 aliphatic heterocycles. The maximum atomic E-state index is 5.64. The van der Waals surface area contributed by atoms with Gasteiger partial charge < -0.3 is 14.4 Å². The first-order chi connectivity index (χ1) is 10.0. The molecule has 0 atom stereocenters. The molecule has 4 heteroatoms. The maximum Gasteiger partial charge on any atom is 0.160 e. The second kappa shape index (κ2) is 5.93. The van der Waals surface area contributed by atoms with Crippen LogP contribution in [-0.4, -0.2) is 37.6 Å². The molecule has 21 heavy (non-hydrogen) atoms. The van der Waals surface area contributed by atoms with E-state index in [0.717, 1.165) is 45.0 Å². The van der Waals surface area contributed by atoms with Crippen LogP contribution in [0.25, 0.3) is 0 Å². The van der Waals surface area contributed by atoms with Crippen LogP contribution in [0.1, 0.15) is 39.2 Å². The van der Waals surface area contributed by atoms with Gasteiger partial charge in [0.05, 0.1) is 13.2 Å². The molecule has 0 radical (unpaired) electrons. The SMILES string of the molecule is CC(C)(C)c1ccnc(N2CCC(C3OCCO3)CC2)c1. The number of anilines is 1. The van der Waals surface area contributed by atoms with Gasteiger partial charge in [-0.3, -0.25) is 0 Å². The van der Waals surface area contributed by atoms with Crippen LogP contribution in [0.3, 0.4) is 0 Å². The van der Waals surface area contributed by atoms with Crippen molar-refractivity contribution in [2.45, 2.75) is 45.3 Å². The van der Waals surface area contributed by atoms with Crippen LogP contribution >= 0.6 is 0 Å². The molecule has 0 amide bonds. The molecule has 1 aromatic heterocycles. The minimum Gasteiger partial charge on any atom is -0.357 e. The average molecular weight is 290 g/mol. The van der Waals surface area contributed by atoms with Gasteiger partial charge in [0.2, 0.25) is 0 Å². The number of rotatable bonds is 2. The van der Waals surface area contributed by atoms with E-state index in [2.05, 4.69) is 42.8 Å². The quantitative estimate of drug-likeness (QED) is 0.838. The fourth-order valence-corrected chi connectivity index (χ4v) is 3.11. The third kappa shape index (κ3) is 3.38. The summed E-state index contributed by atoms with van der Waals surface area (Å²) in [6.07, 6.45) is 4.20. The number of nitrogens with zero attached hydrogens (tertiary/aromatic N) is 2. The van der Waals surface area contributed by atoms with Gasteiger partial charge in [0.25, 0.3) is 0 Å². The van der Waals surface area contributed by atoms with Crippen LogP contribution in [0.2, 0.25) is 0 Å². The van der Waals surface area contributed by atoms with E-state index in [0.29, 0.717) is 5.92 Å². The summed E-state index contributed by atoms with van der Waals surface area (Å²) in [4.78, 5) is 6.95. The third-order valence-electron chi connectivity index (χ3n) is 4.51. The molecule has 2 fully saturated rings. The molecular formula is C17H26N2O2. The molecule has 0 spiro atoms. The second-order valence-electron chi connectivity index (χ2n) is 7.09. The van der Waals surface area contributed by atoms with Crippen molar-refractivity contribution < 1.29 is 9.47 Å². The van der Waals surface area contributed by atoms with Crippen molar-refractivity contribution in [1.82, 2.24) is 4.98 Å². The fraction of sp³-hybridized carbons (Fsp3) is 0.706. The normalized spacial score (nSPS) is 22.0. The Morgan fingerprint density at radius 3 is 2.43 bits per heavy atom. The number of hydrogen-bond donors (Lipinski definition) is 0. The molecule has 2 saturated heterocycles. The molecule has 0 unspecified atom stereocenters. The van der Waals surface area contributed by atoms with Gasteiger partial charge in [-0.25, -0.2) is 4.98 Å². The lowest BCUT2D eigenvalue weighted by Gasteiger charge is -2.35. The number of ether oxygens (including phenoxy) is 2. The number of hydrogen-bond acceptors (Lipinski definition) is 4. The van der Waals surface area contributed by atoms with Gasteiger partial charge in [-0.2, -0.15) is 0 Å². The van der Waals surface area contributed by atoms with Crippen LogP contribution in [0.5, 0.6) is 0 Å². The molecule has 2 aliphatic rings. The minimum atomic E-state index is 0.0287. The number of aromatic nitrogens is 1. The summed E-state index contributed by atoms with van der Waals surface area (Å²) in [6, 6.07) is 4.36. The zero-order valence-corrected chi connectivity index (χ0v) is 13.3. The Morgan fingerprint density at radius 1 is 1.14 bits per heavy atom. The van der Waals surface area contributed by atoms with Crippen molar-refractivity contribution in [2.75, 3.05) is 31.2 Å². The zero-order valence-electron chi connectivity index (χ0n) is 13.3. The molecule has 4 nitrogen and oxygen atoms in total. The van der Waals surface area contributed by atoms with Gasteiger partial charge in [0, 0.05) is 25.2 Å². The van der Waals surface area contributed by atoms with Crippen LogP contribution in [-0.2, 0) is 14.9 Å². The van der Waals surface area contributed by atoms with Crippen molar-refractivity contribution >= 4 is 5.82 Å². The topological polar surface area (TPSA) is 34.6 Å². The van der Waals surface area contributed by atoms with Crippen molar-refractivity contribution in [1.29, 1.82) is 0 Å². The van der Waals surface area contributed by atoms with E-state index < -0.39 is 0 Å². The second-order valence-corrected chi connectivity index (χ2v) is 7.09. The molecule has 0 aliphatic carbocycles. The number of pyridine rings is 1. The number of piperidine rings is 1. The largest absolute Gasteiger partial charge is 0.357 e. The average Bonchev–Trinajstić information content (AvgIpc) is 3.01. The van der Waals surface area contributed by atoms with Crippen LogP contribution < -0.4 is 4.90 Å². The van der Waals surface area contributed by atoms with Crippen LogP contribution in [0.4, 0.5) is 5.82 Å². The maximum absolute atomic E-state index is 5.64. The van der Waals surface area contributed by atoms with Crippen molar-refractivity contribution in [3.05, 3.63) is 23.9 Å². The Labute approximate surface area is 127 Å². The third-order valence-corrected chi connectivity index (χ3v) is 4.51. The molecule has 0 N–H and O–H groups in total. The summed E-state index contributed by atoms with van der Waals surface area (Å²) in [5.74, 6) is 1.64. The summed E-state index contributed by atoms with van der Waals surface area (Å²) in [7, 11) is 0. The Bertz CT molecular complexity index is 470. The summed E-state index contributed by atoms with van der Waals surface area (Å²) in [5.41, 5.74) is 1.51. The summed E-state index contributed by atoms with van der Waals surface area (Å²) >= 11 is 0. The standard InChI is InChI=1S/C17H26N2O2/c1-17(2,3)14-4-7-18-15(12-14)19-8-5-13(6-9-19)16-20-10-11-21-16/h4,7,12-13,16H,5-6,8-11H2,1-3H3. The fourth-order valence-electron chi connectivity index (χ4n) is 3.11. The zero-order chi connectivity index (χ0) is 14.9. The van der Waals surface area contributed by atoms with Gasteiger partial charge in [-0.1, -0.05) is 20.8 Å². The summed E-state index contributed by atoms with van der Waals surface area (Å²) in [6.45, 7) is 10.3. The van der Waals surface area contributed by atoms with E-state index >= 15 is 0 Å². The van der Waals surface area contributed by atoms with E-state index in [4.69, 9.17) is 9.47 Å². The lowest BCUT2D eigenvalue weighted by molar-refractivity contribution is -0.0889. The lowest BCUT2D eigenvalue weighted by atomic mass is 9.87. The Kier molecular flexibility index (Phi) is 4.18. The highest BCUT2D eigenvalue weighted by atomic mass is 16.7. The highest BCUT2D eigenvalue weighted by Crippen LogP contribution is 2.30. The van der Waals surface area contributed by atoms with E-state index in [1.54, 1.807) is 0 Å². The van der Waals surface area contributed by atoms with Crippen LogP contribution in [0, 0.1) is 5.92 Å². The highest BCUT2D eigenvalue weighted by molar-refractivity contribution is 5.43. The predicted molar refractivity (Wildman–Crippen MR) is 83.6 cm³/mol. The van der Waals surface area contributed by atoms with Gasteiger partial charge in [0.15, 0.2) is 6.29 Å².